The molecule has 146 valence electrons. The molecule has 0 aliphatic heterocycles. The van der Waals surface area contributed by atoms with Crippen LogP contribution in [0, 0.1) is 0 Å². The van der Waals surface area contributed by atoms with Gasteiger partial charge in [0.1, 0.15) is 11.5 Å². The number of carbonyl (C=O) groups is 1. The number of thiophene rings is 1. The van der Waals surface area contributed by atoms with Gasteiger partial charge in [-0.3, -0.25) is 4.79 Å². The molecule has 0 atom stereocenters. The van der Waals surface area contributed by atoms with E-state index in [4.69, 9.17) is 16.3 Å². The van der Waals surface area contributed by atoms with Crippen LogP contribution < -0.4 is 9.64 Å². The van der Waals surface area contributed by atoms with E-state index in [0.717, 1.165) is 4.88 Å². The Morgan fingerprint density at radius 2 is 1.75 bits per heavy atom. The number of methoxy groups -OCH3 is 1. The summed E-state index contributed by atoms with van der Waals surface area (Å²) in [6, 6.07) is 16.5. The monoisotopic (exact) mass is 435 g/mol. The summed E-state index contributed by atoms with van der Waals surface area (Å²) >= 11 is 7.33. The Morgan fingerprint density at radius 3 is 2.32 bits per heavy atom. The Hall–Kier alpha value is -2.35. The molecular formula is C20H18ClNO4S2. The van der Waals surface area contributed by atoms with E-state index in [9.17, 15) is 13.2 Å². The third-order valence-corrected chi connectivity index (χ3v) is 6.80. The van der Waals surface area contributed by atoms with Gasteiger partial charge in [0.15, 0.2) is 9.84 Å². The molecule has 2 aromatic carbocycles. The minimum absolute atomic E-state index is 0.0658. The fraction of sp³-hybridized carbons (Fsp3) is 0.150. The van der Waals surface area contributed by atoms with Gasteiger partial charge in [-0.2, -0.15) is 0 Å². The number of ether oxygens (including phenoxy) is 1. The van der Waals surface area contributed by atoms with E-state index in [0.29, 0.717) is 23.0 Å². The second-order valence-corrected chi connectivity index (χ2v) is 9.43. The molecule has 8 heteroatoms. The normalized spacial score (nSPS) is 11.2. The van der Waals surface area contributed by atoms with Gasteiger partial charge in [0.2, 0.25) is 5.91 Å². The summed E-state index contributed by atoms with van der Waals surface area (Å²) in [7, 11) is -2.23. The van der Waals surface area contributed by atoms with Crippen molar-refractivity contribution in [2.45, 2.75) is 11.4 Å². The SMILES string of the molecule is COc1ccc(N(Cc2cccs2)C(=O)CS(=O)(=O)c2ccc(Cl)cc2)cc1. The number of hydrogen-bond acceptors (Lipinski definition) is 5. The van der Waals surface area contributed by atoms with Gasteiger partial charge >= 0.3 is 0 Å². The van der Waals surface area contributed by atoms with Crippen molar-refractivity contribution in [1.29, 1.82) is 0 Å². The number of hydrogen-bond donors (Lipinski definition) is 0. The molecule has 5 nitrogen and oxygen atoms in total. The van der Waals surface area contributed by atoms with Crippen molar-refractivity contribution in [3.63, 3.8) is 0 Å². The van der Waals surface area contributed by atoms with Gasteiger partial charge in [0.25, 0.3) is 0 Å². The summed E-state index contributed by atoms with van der Waals surface area (Å²) in [5.41, 5.74) is 0.602. The maximum atomic E-state index is 13.0. The molecule has 0 aliphatic carbocycles. The lowest BCUT2D eigenvalue weighted by atomic mass is 10.2. The zero-order valence-electron chi connectivity index (χ0n) is 15.0. The van der Waals surface area contributed by atoms with Crippen LogP contribution in [0.3, 0.4) is 0 Å². The Labute approximate surface area is 173 Å². The van der Waals surface area contributed by atoms with Gasteiger partial charge in [-0.1, -0.05) is 17.7 Å². The molecule has 1 heterocycles. The van der Waals surface area contributed by atoms with Crippen molar-refractivity contribution in [3.05, 3.63) is 75.9 Å². The third-order valence-electron chi connectivity index (χ3n) is 4.07. The largest absolute Gasteiger partial charge is 0.497 e. The lowest BCUT2D eigenvalue weighted by Gasteiger charge is -2.22. The van der Waals surface area contributed by atoms with Crippen molar-refractivity contribution < 1.29 is 17.9 Å². The molecule has 1 amide bonds. The summed E-state index contributed by atoms with van der Waals surface area (Å²) in [6.45, 7) is 0.291. The number of halogens is 1. The van der Waals surface area contributed by atoms with Gasteiger partial charge in [0.05, 0.1) is 18.6 Å². The number of rotatable bonds is 7. The van der Waals surface area contributed by atoms with Crippen molar-refractivity contribution in [1.82, 2.24) is 0 Å². The standard InChI is InChI=1S/C20H18ClNO4S2/c1-26-17-8-6-16(7-9-17)22(13-18-3-2-12-27-18)20(23)14-28(24,25)19-10-4-15(21)5-11-19/h2-12H,13-14H2,1H3. The predicted molar refractivity (Wildman–Crippen MR) is 112 cm³/mol. The highest BCUT2D eigenvalue weighted by Gasteiger charge is 2.25. The smallest absolute Gasteiger partial charge is 0.242 e. The first-order valence-electron chi connectivity index (χ1n) is 8.34. The first-order valence-corrected chi connectivity index (χ1v) is 11.2. The van der Waals surface area contributed by atoms with Crippen LogP contribution >= 0.6 is 22.9 Å². The lowest BCUT2D eigenvalue weighted by Crippen LogP contribution is -2.35. The molecular weight excluding hydrogens is 418 g/mol. The molecule has 0 N–H and O–H groups in total. The van der Waals surface area contributed by atoms with Crippen molar-refractivity contribution in [3.8, 4) is 5.75 Å². The Bertz CT molecular complexity index is 1030. The van der Waals surface area contributed by atoms with Gasteiger partial charge in [-0.05, 0) is 60.0 Å². The van der Waals surface area contributed by atoms with Crippen LogP contribution in [0.2, 0.25) is 5.02 Å². The van der Waals surface area contributed by atoms with Gasteiger partial charge < -0.3 is 9.64 Å². The highest BCUT2D eigenvalue weighted by Crippen LogP contribution is 2.24. The summed E-state index contributed by atoms with van der Waals surface area (Å²) < 4.78 is 30.5. The van der Waals surface area contributed by atoms with Crippen molar-refractivity contribution in [2.24, 2.45) is 0 Å². The third kappa shape index (κ3) is 4.92. The predicted octanol–water partition coefficient (Wildman–Crippen LogP) is 4.42. The zero-order valence-corrected chi connectivity index (χ0v) is 17.4. The number of amides is 1. The second kappa shape index (κ2) is 8.77. The van der Waals surface area contributed by atoms with E-state index in [-0.39, 0.29) is 4.90 Å². The van der Waals surface area contributed by atoms with E-state index in [1.807, 2.05) is 17.5 Å². The number of benzene rings is 2. The molecule has 28 heavy (non-hydrogen) atoms. The van der Waals surface area contributed by atoms with E-state index in [1.165, 1.54) is 40.5 Å². The molecule has 0 bridgehead atoms. The van der Waals surface area contributed by atoms with Gasteiger partial charge in [-0.25, -0.2) is 8.42 Å². The average molecular weight is 436 g/mol. The van der Waals surface area contributed by atoms with E-state index < -0.39 is 21.5 Å². The zero-order chi connectivity index (χ0) is 20.1. The van der Waals surface area contributed by atoms with E-state index in [2.05, 4.69) is 0 Å². The molecule has 0 aliphatic rings. The van der Waals surface area contributed by atoms with Crippen LogP contribution in [0.4, 0.5) is 5.69 Å². The first-order chi connectivity index (χ1) is 13.4. The molecule has 3 aromatic rings. The molecule has 0 spiro atoms. The fourth-order valence-corrected chi connectivity index (χ4v) is 4.63. The topological polar surface area (TPSA) is 63.7 Å². The highest BCUT2D eigenvalue weighted by molar-refractivity contribution is 7.92. The molecule has 0 unspecified atom stereocenters. The number of sulfone groups is 1. The van der Waals surface area contributed by atoms with Crippen molar-refractivity contribution in [2.75, 3.05) is 17.8 Å². The second-order valence-electron chi connectivity index (χ2n) is 5.97. The van der Waals surface area contributed by atoms with Crippen LogP contribution in [0.1, 0.15) is 4.88 Å². The van der Waals surface area contributed by atoms with Crippen LogP contribution in [0.25, 0.3) is 0 Å². The van der Waals surface area contributed by atoms with Gasteiger partial charge in [-0.15, -0.1) is 11.3 Å². The summed E-state index contributed by atoms with van der Waals surface area (Å²) in [4.78, 5) is 15.5. The molecule has 0 radical (unpaired) electrons. The van der Waals surface area contributed by atoms with Crippen LogP contribution in [0.5, 0.6) is 5.75 Å². The molecule has 3 rings (SSSR count). The molecule has 0 saturated carbocycles. The average Bonchev–Trinajstić information content (AvgIpc) is 3.19. The molecule has 0 fully saturated rings. The van der Waals surface area contributed by atoms with Crippen LogP contribution in [-0.4, -0.2) is 27.2 Å². The lowest BCUT2D eigenvalue weighted by molar-refractivity contribution is -0.116. The van der Waals surface area contributed by atoms with Gasteiger partial charge in [0, 0.05) is 15.6 Å². The van der Waals surface area contributed by atoms with Crippen LogP contribution in [0.15, 0.2) is 70.9 Å². The minimum Gasteiger partial charge on any atom is -0.497 e. The quantitative estimate of drug-likeness (QED) is 0.551. The Morgan fingerprint density at radius 1 is 1.07 bits per heavy atom. The van der Waals surface area contributed by atoms with Crippen molar-refractivity contribution >= 4 is 44.4 Å². The first kappa shape index (κ1) is 20.4. The number of anilines is 1. The molecule has 0 saturated heterocycles. The Balaban J connectivity index is 1.87. The summed E-state index contributed by atoms with van der Waals surface area (Å²) in [5.74, 6) is -0.485. The summed E-state index contributed by atoms with van der Waals surface area (Å²) in [6.07, 6.45) is 0. The minimum atomic E-state index is -3.79. The fourth-order valence-electron chi connectivity index (χ4n) is 2.61. The number of carbonyl (C=O) groups excluding carboxylic acids is 1. The maximum absolute atomic E-state index is 13.0. The summed E-state index contributed by atoms with van der Waals surface area (Å²) in [5, 5.41) is 2.35. The van der Waals surface area contributed by atoms with E-state index in [1.54, 1.807) is 31.4 Å². The maximum Gasteiger partial charge on any atom is 0.242 e. The van der Waals surface area contributed by atoms with Crippen LogP contribution in [-0.2, 0) is 21.2 Å². The number of nitrogens with zero attached hydrogens (tertiary/aromatic N) is 1. The molecule has 1 aromatic heterocycles. The highest BCUT2D eigenvalue weighted by atomic mass is 35.5. The van der Waals surface area contributed by atoms with E-state index >= 15 is 0 Å². The Kier molecular flexibility index (Phi) is 6.39.